The van der Waals surface area contributed by atoms with E-state index in [4.69, 9.17) is 4.74 Å². The Morgan fingerprint density at radius 2 is 1.56 bits per heavy atom. The van der Waals surface area contributed by atoms with Crippen LogP contribution in [0.5, 0.6) is 0 Å². The number of rotatable bonds is 3. The molecule has 2 fully saturated rings. The molecule has 0 atom stereocenters. The van der Waals surface area contributed by atoms with Gasteiger partial charge in [0, 0.05) is 50.6 Å². The van der Waals surface area contributed by atoms with Crippen molar-refractivity contribution in [3.63, 3.8) is 0 Å². The molecule has 0 spiro atoms. The summed E-state index contributed by atoms with van der Waals surface area (Å²) in [7, 11) is 0. The van der Waals surface area contributed by atoms with Crippen LogP contribution in [0.3, 0.4) is 0 Å². The normalized spacial score (nSPS) is 17.6. The number of carbonyl (C=O) groups excluding carboxylic acids is 2. The van der Waals surface area contributed by atoms with Gasteiger partial charge < -0.3 is 24.8 Å². The van der Waals surface area contributed by atoms with Crippen LogP contribution in [0.2, 0.25) is 0 Å². The molecule has 1 aromatic rings. The van der Waals surface area contributed by atoms with Gasteiger partial charge in [-0.3, -0.25) is 0 Å². The van der Waals surface area contributed by atoms with E-state index < -0.39 is 0 Å². The molecule has 0 bridgehead atoms. The van der Waals surface area contributed by atoms with Gasteiger partial charge >= 0.3 is 12.1 Å². The lowest BCUT2D eigenvalue weighted by molar-refractivity contribution is 0.0868. The van der Waals surface area contributed by atoms with Crippen LogP contribution in [0.1, 0.15) is 19.8 Å². The molecule has 0 radical (unpaired) electrons. The Balaban J connectivity index is 1.48. The second-order valence-electron chi connectivity index (χ2n) is 6.34. The van der Waals surface area contributed by atoms with Gasteiger partial charge in [0.15, 0.2) is 0 Å². The van der Waals surface area contributed by atoms with Crippen LogP contribution < -0.4 is 10.2 Å². The number of piperazine rings is 1. The van der Waals surface area contributed by atoms with Gasteiger partial charge in [-0.25, -0.2) is 9.59 Å². The third-order valence-electron chi connectivity index (χ3n) is 4.68. The van der Waals surface area contributed by atoms with Gasteiger partial charge in [0.05, 0.1) is 6.61 Å². The number of benzene rings is 1. The van der Waals surface area contributed by atoms with E-state index in [0.717, 1.165) is 18.8 Å². The van der Waals surface area contributed by atoms with Crippen LogP contribution in [0.15, 0.2) is 24.3 Å². The van der Waals surface area contributed by atoms with Gasteiger partial charge in [-0.2, -0.15) is 0 Å². The molecule has 2 saturated heterocycles. The molecular weight excluding hydrogens is 320 g/mol. The van der Waals surface area contributed by atoms with E-state index in [1.165, 1.54) is 18.5 Å². The predicted octanol–water partition coefficient (Wildman–Crippen LogP) is 2.59. The van der Waals surface area contributed by atoms with E-state index in [0.29, 0.717) is 32.8 Å². The number of hydrogen-bond donors (Lipinski definition) is 1. The summed E-state index contributed by atoms with van der Waals surface area (Å²) in [5.74, 6) is 0. The first-order valence-corrected chi connectivity index (χ1v) is 9.00. The van der Waals surface area contributed by atoms with Crippen LogP contribution in [-0.4, -0.2) is 67.8 Å². The van der Waals surface area contributed by atoms with E-state index in [1.807, 2.05) is 12.1 Å². The lowest BCUT2D eigenvalue weighted by atomic mass is 10.2. The fourth-order valence-electron chi connectivity index (χ4n) is 3.24. The SMILES string of the molecule is CCOC(=O)N1CCN(C(=O)Nc2ccc(N3CCCC3)cc2)CC1. The van der Waals surface area contributed by atoms with Crippen LogP contribution in [0.25, 0.3) is 0 Å². The van der Waals surface area contributed by atoms with Crippen LogP contribution in [-0.2, 0) is 4.74 Å². The number of carbonyl (C=O) groups is 2. The van der Waals surface area contributed by atoms with Crippen molar-refractivity contribution in [3.05, 3.63) is 24.3 Å². The van der Waals surface area contributed by atoms with Gasteiger partial charge in [-0.1, -0.05) is 0 Å². The topological polar surface area (TPSA) is 65.1 Å². The summed E-state index contributed by atoms with van der Waals surface area (Å²) in [5, 5.41) is 2.93. The summed E-state index contributed by atoms with van der Waals surface area (Å²) < 4.78 is 4.99. The van der Waals surface area contributed by atoms with Gasteiger partial charge in [-0.05, 0) is 44.0 Å². The maximum atomic E-state index is 12.4. The Kier molecular flexibility index (Phi) is 5.63. The largest absolute Gasteiger partial charge is 0.450 e. The molecule has 7 nitrogen and oxygen atoms in total. The summed E-state index contributed by atoms with van der Waals surface area (Å²) in [6, 6.07) is 7.87. The maximum absolute atomic E-state index is 12.4. The maximum Gasteiger partial charge on any atom is 0.409 e. The lowest BCUT2D eigenvalue weighted by Crippen LogP contribution is -2.51. The highest BCUT2D eigenvalue weighted by molar-refractivity contribution is 5.89. The number of amides is 3. The molecule has 3 rings (SSSR count). The van der Waals surface area contributed by atoms with E-state index in [2.05, 4.69) is 22.3 Å². The second-order valence-corrected chi connectivity index (χ2v) is 6.34. The molecule has 3 amide bonds. The summed E-state index contributed by atoms with van der Waals surface area (Å²) in [4.78, 5) is 29.8. The number of ether oxygens (including phenoxy) is 1. The average molecular weight is 346 g/mol. The van der Waals surface area contributed by atoms with Crippen LogP contribution in [0, 0.1) is 0 Å². The van der Waals surface area contributed by atoms with Crippen LogP contribution >= 0.6 is 0 Å². The Morgan fingerprint density at radius 1 is 0.960 bits per heavy atom. The first-order chi connectivity index (χ1) is 12.2. The second kappa shape index (κ2) is 8.09. The van der Waals surface area contributed by atoms with Gasteiger partial charge in [0.25, 0.3) is 0 Å². The van der Waals surface area contributed by atoms with E-state index in [9.17, 15) is 9.59 Å². The Hall–Kier alpha value is -2.44. The Bertz CT molecular complexity index is 591. The predicted molar refractivity (Wildman–Crippen MR) is 97.1 cm³/mol. The van der Waals surface area contributed by atoms with Crippen molar-refractivity contribution in [2.45, 2.75) is 19.8 Å². The number of hydrogen-bond acceptors (Lipinski definition) is 4. The molecule has 0 saturated carbocycles. The minimum atomic E-state index is -0.306. The highest BCUT2D eigenvalue weighted by atomic mass is 16.6. The molecule has 2 heterocycles. The van der Waals surface area contributed by atoms with Gasteiger partial charge in [-0.15, -0.1) is 0 Å². The van der Waals surface area contributed by atoms with Gasteiger partial charge in [0.1, 0.15) is 0 Å². The fraction of sp³-hybridized carbons (Fsp3) is 0.556. The van der Waals surface area contributed by atoms with E-state index in [-0.39, 0.29) is 12.1 Å². The molecule has 0 aromatic heterocycles. The van der Waals surface area contributed by atoms with Crippen molar-refractivity contribution in [1.29, 1.82) is 0 Å². The summed E-state index contributed by atoms with van der Waals surface area (Å²) in [6.07, 6.45) is 2.19. The molecule has 1 aromatic carbocycles. The van der Waals surface area contributed by atoms with Crippen molar-refractivity contribution >= 4 is 23.5 Å². The van der Waals surface area contributed by atoms with Crippen molar-refractivity contribution in [3.8, 4) is 0 Å². The monoisotopic (exact) mass is 346 g/mol. The van der Waals surface area contributed by atoms with Crippen LogP contribution in [0.4, 0.5) is 21.0 Å². The minimum absolute atomic E-state index is 0.127. The van der Waals surface area contributed by atoms with Gasteiger partial charge in [0.2, 0.25) is 0 Å². The van der Waals surface area contributed by atoms with Crippen molar-refractivity contribution in [1.82, 2.24) is 9.80 Å². The third-order valence-corrected chi connectivity index (χ3v) is 4.68. The molecule has 25 heavy (non-hydrogen) atoms. The van der Waals surface area contributed by atoms with E-state index >= 15 is 0 Å². The Morgan fingerprint density at radius 3 is 2.16 bits per heavy atom. The molecule has 0 unspecified atom stereocenters. The highest BCUT2D eigenvalue weighted by Crippen LogP contribution is 2.22. The standard InChI is InChI=1S/C18H26N4O3/c1-2-25-18(24)22-13-11-21(12-14-22)17(23)19-15-5-7-16(8-6-15)20-9-3-4-10-20/h5-8H,2-4,9-14H2,1H3,(H,19,23). The third kappa shape index (κ3) is 4.35. The molecule has 0 aliphatic carbocycles. The highest BCUT2D eigenvalue weighted by Gasteiger charge is 2.24. The molecule has 7 heteroatoms. The quantitative estimate of drug-likeness (QED) is 0.914. The number of nitrogens with zero attached hydrogens (tertiary/aromatic N) is 3. The lowest BCUT2D eigenvalue weighted by Gasteiger charge is -2.34. The summed E-state index contributed by atoms with van der Waals surface area (Å²) in [5.41, 5.74) is 2.00. The fourth-order valence-corrected chi connectivity index (χ4v) is 3.24. The van der Waals surface area contributed by atoms with Crippen molar-refractivity contribution < 1.29 is 14.3 Å². The van der Waals surface area contributed by atoms with E-state index in [1.54, 1.807) is 16.7 Å². The smallest absolute Gasteiger partial charge is 0.409 e. The van der Waals surface area contributed by atoms with Crippen molar-refractivity contribution in [2.24, 2.45) is 0 Å². The molecular formula is C18H26N4O3. The molecule has 2 aliphatic rings. The first kappa shape index (κ1) is 17.4. The zero-order valence-electron chi connectivity index (χ0n) is 14.7. The number of urea groups is 1. The molecule has 2 aliphatic heterocycles. The zero-order chi connectivity index (χ0) is 17.6. The molecule has 1 N–H and O–H groups in total. The number of nitrogens with one attached hydrogen (secondary N) is 1. The summed E-state index contributed by atoms with van der Waals surface area (Å²) in [6.45, 7) is 6.39. The average Bonchev–Trinajstić information content (AvgIpc) is 3.17. The number of anilines is 2. The summed E-state index contributed by atoms with van der Waals surface area (Å²) >= 11 is 0. The van der Waals surface area contributed by atoms with Crippen molar-refractivity contribution in [2.75, 3.05) is 56.1 Å². The zero-order valence-corrected chi connectivity index (χ0v) is 14.7. The Labute approximate surface area is 148 Å². The first-order valence-electron chi connectivity index (χ1n) is 9.00. The molecule has 136 valence electrons. The minimum Gasteiger partial charge on any atom is -0.450 e.